The lowest BCUT2D eigenvalue weighted by Crippen LogP contribution is -2.44. The van der Waals surface area contributed by atoms with E-state index >= 15 is 0 Å². The number of hydrogen-bond donors (Lipinski definition) is 0. The van der Waals surface area contributed by atoms with Crippen LogP contribution < -0.4 is 4.74 Å². The monoisotopic (exact) mass is 303 g/mol. The second-order valence-corrected chi connectivity index (χ2v) is 6.01. The van der Waals surface area contributed by atoms with E-state index in [2.05, 4.69) is 4.98 Å². The molecule has 1 aromatic rings. The van der Waals surface area contributed by atoms with E-state index in [0.717, 1.165) is 18.6 Å². The summed E-state index contributed by atoms with van der Waals surface area (Å²) in [6.45, 7) is 1.93. The van der Waals surface area contributed by atoms with Crippen LogP contribution in [-0.2, 0) is 9.59 Å². The molecule has 0 bridgehead atoms. The molecule has 0 saturated carbocycles. The molecular weight excluding hydrogens is 282 g/mol. The van der Waals surface area contributed by atoms with Gasteiger partial charge in [0.05, 0.1) is 12.1 Å². The van der Waals surface area contributed by atoms with Crippen molar-refractivity contribution < 1.29 is 14.3 Å². The second-order valence-electron chi connectivity index (χ2n) is 6.01. The number of carbonyl (C=O) groups excluding carboxylic acids is 2. The number of hydrogen-bond acceptors (Lipinski definition) is 4. The molecule has 0 radical (unpaired) electrons. The number of rotatable bonds is 3. The molecule has 1 aromatic heterocycles. The Labute approximate surface area is 130 Å². The fraction of sp³-hybridized carbons (Fsp3) is 0.562. The molecule has 2 aliphatic rings. The van der Waals surface area contributed by atoms with Crippen LogP contribution in [0, 0.1) is 5.92 Å². The van der Waals surface area contributed by atoms with Crippen LogP contribution in [0.5, 0.6) is 5.75 Å². The van der Waals surface area contributed by atoms with Gasteiger partial charge >= 0.3 is 0 Å². The van der Waals surface area contributed by atoms with Crippen molar-refractivity contribution in [1.29, 1.82) is 0 Å². The maximum Gasteiger partial charge on any atom is 0.227 e. The zero-order chi connectivity index (χ0) is 15.5. The molecule has 0 spiro atoms. The molecule has 2 fully saturated rings. The zero-order valence-corrected chi connectivity index (χ0v) is 12.8. The average Bonchev–Trinajstić information content (AvgIpc) is 2.88. The highest BCUT2D eigenvalue weighted by Gasteiger charge is 2.36. The first-order valence-corrected chi connectivity index (χ1v) is 7.73. The summed E-state index contributed by atoms with van der Waals surface area (Å²) < 4.78 is 5.88. The molecule has 118 valence electrons. The Morgan fingerprint density at radius 3 is 2.73 bits per heavy atom. The lowest BCUT2D eigenvalue weighted by Gasteiger charge is -2.33. The SMILES string of the molecule is CN1CC(C(=O)N2CCC(Oc3cccnc3)CC2)CC1=O. The van der Waals surface area contributed by atoms with Crippen LogP contribution in [0.15, 0.2) is 24.5 Å². The normalized spacial score (nSPS) is 23.0. The number of nitrogens with zero attached hydrogens (tertiary/aromatic N) is 3. The predicted octanol–water partition coefficient (Wildman–Crippen LogP) is 0.930. The average molecular weight is 303 g/mol. The molecule has 6 heteroatoms. The van der Waals surface area contributed by atoms with Crippen LogP contribution in [0.1, 0.15) is 19.3 Å². The van der Waals surface area contributed by atoms with Crippen molar-refractivity contribution in [3.8, 4) is 5.75 Å². The highest BCUT2D eigenvalue weighted by molar-refractivity contribution is 5.89. The van der Waals surface area contributed by atoms with Crippen LogP contribution in [-0.4, -0.2) is 59.4 Å². The van der Waals surface area contributed by atoms with Gasteiger partial charge in [-0.25, -0.2) is 0 Å². The summed E-state index contributed by atoms with van der Waals surface area (Å²) in [7, 11) is 1.75. The van der Waals surface area contributed by atoms with Gasteiger partial charge < -0.3 is 14.5 Å². The lowest BCUT2D eigenvalue weighted by atomic mass is 10.0. The second kappa shape index (κ2) is 6.34. The van der Waals surface area contributed by atoms with Crippen LogP contribution in [0.2, 0.25) is 0 Å². The summed E-state index contributed by atoms with van der Waals surface area (Å²) in [5.74, 6) is 0.772. The van der Waals surface area contributed by atoms with Gasteiger partial charge in [0, 0.05) is 52.1 Å². The molecular formula is C16H21N3O3. The highest BCUT2D eigenvalue weighted by Crippen LogP contribution is 2.23. The fourth-order valence-corrected chi connectivity index (χ4v) is 3.09. The van der Waals surface area contributed by atoms with Gasteiger partial charge in [0.1, 0.15) is 11.9 Å². The molecule has 22 heavy (non-hydrogen) atoms. The van der Waals surface area contributed by atoms with Crippen molar-refractivity contribution in [3.05, 3.63) is 24.5 Å². The minimum atomic E-state index is -0.173. The predicted molar refractivity (Wildman–Crippen MR) is 80.2 cm³/mol. The number of carbonyl (C=O) groups is 2. The van der Waals surface area contributed by atoms with E-state index in [0.29, 0.717) is 26.1 Å². The number of amides is 2. The van der Waals surface area contributed by atoms with Gasteiger partial charge in [-0.15, -0.1) is 0 Å². The Kier molecular flexibility index (Phi) is 4.27. The number of ether oxygens (including phenoxy) is 1. The van der Waals surface area contributed by atoms with E-state index in [1.807, 2.05) is 17.0 Å². The number of piperidine rings is 1. The quantitative estimate of drug-likeness (QED) is 0.833. The lowest BCUT2D eigenvalue weighted by molar-refractivity contribution is -0.137. The maximum absolute atomic E-state index is 12.5. The van der Waals surface area contributed by atoms with Crippen molar-refractivity contribution in [2.75, 3.05) is 26.7 Å². The van der Waals surface area contributed by atoms with Gasteiger partial charge in [0.25, 0.3) is 0 Å². The Bertz CT molecular complexity index is 541. The minimum absolute atomic E-state index is 0.0631. The Balaban J connectivity index is 1.49. The van der Waals surface area contributed by atoms with Gasteiger partial charge in [0.15, 0.2) is 0 Å². The van der Waals surface area contributed by atoms with Crippen LogP contribution >= 0.6 is 0 Å². The number of pyridine rings is 1. The van der Waals surface area contributed by atoms with Crippen LogP contribution in [0.4, 0.5) is 0 Å². The standard InChI is InChI=1S/C16H21N3O3/c1-18-11-12(9-15(18)20)16(21)19-7-4-13(5-8-19)22-14-3-2-6-17-10-14/h2-3,6,10,12-13H,4-5,7-9,11H2,1H3. The number of likely N-dealkylation sites (tertiary alicyclic amines) is 2. The molecule has 0 aliphatic carbocycles. The van der Waals surface area contributed by atoms with Gasteiger partial charge in [0.2, 0.25) is 11.8 Å². The molecule has 2 amide bonds. The summed E-state index contributed by atoms with van der Waals surface area (Å²) in [5, 5.41) is 0. The molecule has 1 unspecified atom stereocenters. The van der Waals surface area contributed by atoms with Gasteiger partial charge in [-0.05, 0) is 12.1 Å². The summed E-state index contributed by atoms with van der Waals surface area (Å²) in [4.78, 5) is 31.6. The Hall–Kier alpha value is -2.11. The topological polar surface area (TPSA) is 62.7 Å². The third kappa shape index (κ3) is 3.21. The highest BCUT2D eigenvalue weighted by atomic mass is 16.5. The molecule has 2 saturated heterocycles. The van der Waals surface area contributed by atoms with Gasteiger partial charge in [-0.2, -0.15) is 0 Å². The third-order valence-corrected chi connectivity index (χ3v) is 4.38. The largest absolute Gasteiger partial charge is 0.489 e. The molecule has 1 atom stereocenters. The van der Waals surface area contributed by atoms with Crippen LogP contribution in [0.25, 0.3) is 0 Å². The molecule has 2 aliphatic heterocycles. The van der Waals surface area contributed by atoms with E-state index < -0.39 is 0 Å². The van der Waals surface area contributed by atoms with E-state index in [1.54, 1.807) is 24.3 Å². The smallest absolute Gasteiger partial charge is 0.227 e. The fourth-order valence-electron chi connectivity index (χ4n) is 3.09. The first kappa shape index (κ1) is 14.8. The van der Waals surface area contributed by atoms with E-state index in [1.165, 1.54) is 0 Å². The van der Waals surface area contributed by atoms with E-state index in [9.17, 15) is 9.59 Å². The first-order valence-electron chi connectivity index (χ1n) is 7.73. The summed E-state index contributed by atoms with van der Waals surface area (Å²) in [6, 6.07) is 3.74. The Morgan fingerprint density at radius 2 is 2.14 bits per heavy atom. The van der Waals surface area contributed by atoms with E-state index in [4.69, 9.17) is 4.74 Å². The zero-order valence-electron chi connectivity index (χ0n) is 12.8. The van der Waals surface area contributed by atoms with Gasteiger partial charge in [-0.3, -0.25) is 14.6 Å². The van der Waals surface area contributed by atoms with Crippen molar-refractivity contribution in [3.63, 3.8) is 0 Å². The molecule has 3 rings (SSSR count). The number of aromatic nitrogens is 1. The van der Waals surface area contributed by atoms with Crippen molar-refractivity contribution in [1.82, 2.24) is 14.8 Å². The first-order chi connectivity index (χ1) is 10.6. The third-order valence-electron chi connectivity index (χ3n) is 4.38. The molecule has 0 N–H and O–H groups in total. The van der Waals surface area contributed by atoms with Crippen molar-refractivity contribution in [2.45, 2.75) is 25.4 Å². The Morgan fingerprint density at radius 1 is 1.36 bits per heavy atom. The summed E-state index contributed by atoms with van der Waals surface area (Å²) in [6.07, 6.45) is 5.53. The minimum Gasteiger partial charge on any atom is -0.489 e. The molecule has 3 heterocycles. The molecule has 0 aromatic carbocycles. The van der Waals surface area contributed by atoms with Gasteiger partial charge in [-0.1, -0.05) is 0 Å². The maximum atomic E-state index is 12.5. The molecule has 6 nitrogen and oxygen atoms in total. The van der Waals surface area contributed by atoms with Crippen LogP contribution in [0.3, 0.4) is 0 Å². The van der Waals surface area contributed by atoms with E-state index in [-0.39, 0.29) is 23.8 Å². The van der Waals surface area contributed by atoms with Crippen molar-refractivity contribution >= 4 is 11.8 Å². The summed E-state index contributed by atoms with van der Waals surface area (Å²) >= 11 is 0. The summed E-state index contributed by atoms with van der Waals surface area (Å²) in [5.41, 5.74) is 0. The van der Waals surface area contributed by atoms with Crippen molar-refractivity contribution in [2.24, 2.45) is 5.92 Å².